The predicted octanol–water partition coefficient (Wildman–Crippen LogP) is 1.75. The summed E-state index contributed by atoms with van der Waals surface area (Å²) in [7, 11) is 1.51. The monoisotopic (exact) mass is 380 g/mol. The number of hydrogen-bond donors (Lipinski definition) is 4. The number of likely N-dealkylation sites (N-methyl/N-ethyl adjacent to an activating group) is 1. The molecule has 0 aliphatic heterocycles. The van der Waals surface area contributed by atoms with Crippen LogP contribution in [0.3, 0.4) is 0 Å². The first-order valence-corrected chi connectivity index (χ1v) is 9.32. The molecule has 0 saturated carbocycles. The minimum atomic E-state index is -1.06. The van der Waals surface area contributed by atoms with Gasteiger partial charge in [0.05, 0.1) is 11.8 Å². The molecule has 0 aliphatic carbocycles. The van der Waals surface area contributed by atoms with Crippen LogP contribution in [0.15, 0.2) is 30.3 Å². The van der Waals surface area contributed by atoms with Gasteiger partial charge in [-0.05, 0) is 17.9 Å². The number of thiol groups is 1. The lowest BCUT2D eigenvalue weighted by atomic mass is 9.85. The fraction of sp³-hybridized carbons (Fsp3) is 0.526. The molecule has 0 aliphatic rings. The van der Waals surface area contributed by atoms with Crippen LogP contribution in [-0.2, 0) is 20.8 Å². The molecule has 0 saturated heterocycles. The van der Waals surface area contributed by atoms with E-state index in [1.165, 1.54) is 7.05 Å². The van der Waals surface area contributed by atoms with E-state index >= 15 is 0 Å². The number of carbonyl (C=O) groups is 3. The van der Waals surface area contributed by atoms with Gasteiger partial charge in [-0.2, -0.15) is 12.6 Å². The average Bonchev–Trinajstić information content (AvgIpc) is 2.60. The van der Waals surface area contributed by atoms with Crippen LogP contribution in [0.4, 0.5) is 0 Å². The van der Waals surface area contributed by atoms with E-state index in [0.717, 1.165) is 5.56 Å². The van der Waals surface area contributed by atoms with Gasteiger partial charge in [-0.25, -0.2) is 0 Å². The summed E-state index contributed by atoms with van der Waals surface area (Å²) in [5, 5.41) is 14.7. The van der Waals surface area contributed by atoms with Gasteiger partial charge >= 0.3 is 5.97 Å². The van der Waals surface area contributed by atoms with E-state index in [-0.39, 0.29) is 17.6 Å². The molecular formula is C19H28N2O4S. The van der Waals surface area contributed by atoms with E-state index in [0.29, 0.717) is 12.8 Å². The van der Waals surface area contributed by atoms with Crippen LogP contribution in [0, 0.1) is 17.8 Å². The predicted molar refractivity (Wildman–Crippen MR) is 104 cm³/mol. The van der Waals surface area contributed by atoms with Gasteiger partial charge in [0.25, 0.3) is 0 Å². The van der Waals surface area contributed by atoms with Gasteiger partial charge < -0.3 is 15.7 Å². The molecule has 0 aromatic heterocycles. The number of benzene rings is 1. The summed E-state index contributed by atoms with van der Waals surface area (Å²) in [6.45, 7) is 3.86. The number of aliphatic carboxylic acids is 1. The first-order valence-electron chi connectivity index (χ1n) is 8.69. The molecule has 0 fully saturated rings. The first kappa shape index (κ1) is 22.0. The molecule has 0 unspecified atom stereocenters. The highest BCUT2D eigenvalue weighted by Gasteiger charge is 2.35. The molecule has 3 atom stereocenters. The summed E-state index contributed by atoms with van der Waals surface area (Å²) in [6, 6.07) is 8.59. The van der Waals surface area contributed by atoms with Crippen molar-refractivity contribution in [3.8, 4) is 0 Å². The third-order valence-electron chi connectivity index (χ3n) is 4.22. The van der Waals surface area contributed by atoms with Crippen molar-refractivity contribution in [3.63, 3.8) is 0 Å². The highest BCUT2D eigenvalue weighted by atomic mass is 32.1. The summed E-state index contributed by atoms with van der Waals surface area (Å²) in [5.74, 6) is -3.24. The van der Waals surface area contributed by atoms with Crippen molar-refractivity contribution in [2.75, 3.05) is 12.8 Å². The summed E-state index contributed by atoms with van der Waals surface area (Å²) in [6.07, 6.45) is 0.744. The van der Waals surface area contributed by atoms with Crippen molar-refractivity contribution in [1.82, 2.24) is 10.6 Å². The van der Waals surface area contributed by atoms with Crippen molar-refractivity contribution in [3.05, 3.63) is 35.9 Å². The fourth-order valence-electron chi connectivity index (χ4n) is 2.85. The van der Waals surface area contributed by atoms with Crippen molar-refractivity contribution >= 4 is 30.4 Å². The van der Waals surface area contributed by atoms with Gasteiger partial charge in [-0.3, -0.25) is 14.4 Å². The SMILES string of the molecule is CNC(=O)[C@H](Cc1ccccc1)NC(=O)[C@H](CC(C)C)[C@H](CS)C(=O)O. The molecule has 0 bridgehead atoms. The standard InChI is InChI=1S/C19H28N2O4S/c1-12(2)9-14(15(11-26)19(24)25)17(22)21-16(18(23)20-3)10-13-7-5-4-6-8-13/h4-8,12,14-16,26H,9-11H2,1-3H3,(H,20,23)(H,21,22)(H,24,25)/t14-,15+,16+/m1/s1. The topological polar surface area (TPSA) is 95.5 Å². The number of amides is 2. The lowest BCUT2D eigenvalue weighted by molar-refractivity contribution is -0.147. The highest BCUT2D eigenvalue weighted by molar-refractivity contribution is 7.80. The third kappa shape index (κ3) is 6.71. The molecule has 3 N–H and O–H groups in total. The second kappa shape index (κ2) is 10.9. The lowest BCUT2D eigenvalue weighted by Gasteiger charge is -2.26. The number of carboxylic acids is 1. The number of hydrogen-bond acceptors (Lipinski definition) is 4. The van der Waals surface area contributed by atoms with Gasteiger partial charge in [-0.1, -0.05) is 44.2 Å². The van der Waals surface area contributed by atoms with Crippen molar-refractivity contribution in [2.24, 2.45) is 17.8 Å². The first-order chi connectivity index (χ1) is 12.3. The van der Waals surface area contributed by atoms with Gasteiger partial charge in [0.1, 0.15) is 6.04 Å². The van der Waals surface area contributed by atoms with Gasteiger partial charge in [0.15, 0.2) is 0 Å². The molecule has 26 heavy (non-hydrogen) atoms. The molecule has 0 radical (unpaired) electrons. The molecular weight excluding hydrogens is 352 g/mol. The Morgan fingerprint density at radius 3 is 2.15 bits per heavy atom. The summed E-state index contributed by atoms with van der Waals surface area (Å²) >= 11 is 4.10. The van der Waals surface area contributed by atoms with Crippen LogP contribution >= 0.6 is 12.6 Å². The Hall–Kier alpha value is -2.02. The molecule has 2 amide bonds. The molecule has 1 aromatic carbocycles. The molecule has 144 valence electrons. The summed E-state index contributed by atoms with van der Waals surface area (Å²) in [5.41, 5.74) is 0.908. The van der Waals surface area contributed by atoms with Gasteiger partial charge in [-0.15, -0.1) is 0 Å². The number of carboxylic acid groups (broad SMARTS) is 1. The highest BCUT2D eigenvalue weighted by Crippen LogP contribution is 2.23. The van der Waals surface area contributed by atoms with E-state index < -0.39 is 29.8 Å². The summed E-state index contributed by atoms with van der Waals surface area (Å²) < 4.78 is 0. The average molecular weight is 381 g/mol. The molecule has 7 heteroatoms. The summed E-state index contributed by atoms with van der Waals surface area (Å²) in [4.78, 5) is 36.5. The number of rotatable bonds is 10. The lowest BCUT2D eigenvalue weighted by Crippen LogP contribution is -2.50. The van der Waals surface area contributed by atoms with E-state index in [1.807, 2.05) is 44.2 Å². The Bertz CT molecular complexity index is 607. The van der Waals surface area contributed by atoms with E-state index in [1.54, 1.807) is 0 Å². The Morgan fingerprint density at radius 1 is 1.08 bits per heavy atom. The quantitative estimate of drug-likeness (QED) is 0.465. The normalized spacial score (nSPS) is 14.3. The second-order valence-electron chi connectivity index (χ2n) is 6.73. The van der Waals surface area contributed by atoms with Crippen LogP contribution in [0.25, 0.3) is 0 Å². The molecule has 1 aromatic rings. The van der Waals surface area contributed by atoms with Gasteiger partial charge in [0.2, 0.25) is 11.8 Å². The maximum atomic E-state index is 12.8. The zero-order chi connectivity index (χ0) is 19.7. The van der Waals surface area contributed by atoms with Crippen molar-refractivity contribution in [1.29, 1.82) is 0 Å². The van der Waals surface area contributed by atoms with E-state index in [9.17, 15) is 19.5 Å². The van der Waals surface area contributed by atoms with E-state index in [4.69, 9.17) is 0 Å². The molecule has 1 rings (SSSR count). The van der Waals surface area contributed by atoms with E-state index in [2.05, 4.69) is 23.3 Å². The zero-order valence-electron chi connectivity index (χ0n) is 15.4. The Morgan fingerprint density at radius 2 is 1.69 bits per heavy atom. The maximum absolute atomic E-state index is 12.8. The maximum Gasteiger partial charge on any atom is 0.308 e. The second-order valence-corrected chi connectivity index (χ2v) is 7.09. The van der Waals surface area contributed by atoms with Crippen molar-refractivity contribution < 1.29 is 19.5 Å². The smallest absolute Gasteiger partial charge is 0.308 e. The minimum Gasteiger partial charge on any atom is -0.481 e. The number of carbonyl (C=O) groups excluding carboxylic acids is 2. The van der Waals surface area contributed by atoms with Crippen LogP contribution < -0.4 is 10.6 Å². The minimum absolute atomic E-state index is 0.0590. The zero-order valence-corrected chi connectivity index (χ0v) is 16.3. The van der Waals surface area contributed by atoms with Crippen LogP contribution in [0.1, 0.15) is 25.8 Å². The van der Waals surface area contributed by atoms with Crippen LogP contribution in [0.5, 0.6) is 0 Å². The third-order valence-corrected chi connectivity index (χ3v) is 4.62. The molecule has 0 spiro atoms. The Balaban J connectivity index is 2.99. The van der Waals surface area contributed by atoms with Crippen LogP contribution in [-0.4, -0.2) is 41.7 Å². The molecule has 0 heterocycles. The van der Waals surface area contributed by atoms with Crippen molar-refractivity contribution in [2.45, 2.75) is 32.7 Å². The Kier molecular flexibility index (Phi) is 9.19. The van der Waals surface area contributed by atoms with Gasteiger partial charge in [0, 0.05) is 19.2 Å². The number of nitrogens with one attached hydrogen (secondary N) is 2. The fourth-order valence-corrected chi connectivity index (χ4v) is 3.26. The molecule has 6 nitrogen and oxygen atoms in total. The Labute approximate surface area is 160 Å². The van der Waals surface area contributed by atoms with Crippen LogP contribution in [0.2, 0.25) is 0 Å². The largest absolute Gasteiger partial charge is 0.481 e.